The SMILES string of the molecule is CC1(C)c2ccccc2-c2ccc(N(c3ccccc3)c3ccccc3-c3cccc4oc5ccc6c(c5c34)-c3ccccc3C63c4ccccc4Oc4ccccc43)cc21. The van der Waals surface area contributed by atoms with Crippen LogP contribution in [0.3, 0.4) is 0 Å². The van der Waals surface area contributed by atoms with Crippen molar-refractivity contribution >= 4 is 39.0 Å². The molecule has 0 atom stereocenters. The standard InChI is InChI=1S/C58H39NO2/c1-57(2)43-23-9-6-19-38(43)39-32-31-37(35-48(39)57)59(36-17-4-3-5-18-36)49-27-13-8-20-40(49)41-22-16-30-52-55(41)56-53(61-52)34-33-47-54(56)42-21-7-10-24-44(42)58(47)45-25-11-14-28-50(45)60-51-29-15-12-26-46(51)58/h3-35H,1-2H3. The van der Waals surface area contributed by atoms with Crippen LogP contribution < -0.4 is 9.64 Å². The minimum absolute atomic E-state index is 0.134. The third kappa shape index (κ3) is 4.53. The van der Waals surface area contributed by atoms with Gasteiger partial charge < -0.3 is 14.1 Å². The largest absolute Gasteiger partial charge is 0.457 e. The van der Waals surface area contributed by atoms with Crippen molar-refractivity contribution in [1.82, 2.24) is 0 Å². The minimum atomic E-state index is -0.576. The van der Waals surface area contributed by atoms with Crippen molar-refractivity contribution in [3.8, 4) is 44.9 Å². The van der Waals surface area contributed by atoms with Gasteiger partial charge in [-0.3, -0.25) is 0 Å². The molecule has 0 unspecified atom stereocenters. The average Bonchev–Trinajstić information content (AvgIpc) is 3.91. The molecule has 0 amide bonds. The number of benzene rings is 9. The predicted octanol–water partition coefficient (Wildman–Crippen LogP) is 15.5. The van der Waals surface area contributed by atoms with Crippen molar-refractivity contribution < 1.29 is 9.15 Å². The molecule has 2 aliphatic carbocycles. The van der Waals surface area contributed by atoms with Crippen LogP contribution in [0, 0.1) is 0 Å². The summed E-state index contributed by atoms with van der Waals surface area (Å²) in [6, 6.07) is 72.6. The first kappa shape index (κ1) is 34.3. The van der Waals surface area contributed by atoms with Gasteiger partial charge in [-0.15, -0.1) is 0 Å². The van der Waals surface area contributed by atoms with E-state index in [0.29, 0.717) is 0 Å². The molecule has 2 heterocycles. The summed E-state index contributed by atoms with van der Waals surface area (Å²) in [4.78, 5) is 2.43. The Bertz CT molecular complexity index is 3400. The van der Waals surface area contributed by atoms with Gasteiger partial charge in [-0.1, -0.05) is 159 Å². The van der Waals surface area contributed by atoms with Gasteiger partial charge in [0.15, 0.2) is 0 Å². The molecule has 0 saturated heterocycles. The molecule has 1 aromatic heterocycles. The summed E-state index contributed by atoms with van der Waals surface area (Å²) in [6.45, 7) is 4.70. The predicted molar refractivity (Wildman–Crippen MR) is 249 cm³/mol. The number of ether oxygens (including phenoxy) is 1. The molecule has 13 rings (SSSR count). The molecule has 0 bridgehead atoms. The lowest BCUT2D eigenvalue weighted by molar-refractivity contribution is 0.436. The molecule has 3 heteroatoms. The fourth-order valence-electron chi connectivity index (χ4n) is 11.2. The van der Waals surface area contributed by atoms with E-state index < -0.39 is 5.41 Å². The highest BCUT2D eigenvalue weighted by atomic mass is 16.5. The van der Waals surface area contributed by atoms with Crippen LogP contribution in [0.5, 0.6) is 11.5 Å². The van der Waals surface area contributed by atoms with Gasteiger partial charge in [0.2, 0.25) is 0 Å². The third-order valence-electron chi connectivity index (χ3n) is 13.7. The Balaban J connectivity index is 1.08. The second kappa shape index (κ2) is 12.5. The summed E-state index contributed by atoms with van der Waals surface area (Å²) in [5.41, 5.74) is 19.2. The van der Waals surface area contributed by atoms with Crippen molar-refractivity contribution in [2.75, 3.05) is 4.90 Å². The number of para-hydroxylation sites is 4. The van der Waals surface area contributed by atoms with E-state index >= 15 is 0 Å². The molecule has 0 radical (unpaired) electrons. The zero-order chi connectivity index (χ0) is 40.5. The van der Waals surface area contributed by atoms with E-state index in [9.17, 15) is 0 Å². The van der Waals surface area contributed by atoms with Crippen molar-refractivity contribution in [1.29, 1.82) is 0 Å². The summed E-state index contributed by atoms with van der Waals surface area (Å²) < 4.78 is 13.6. The fraction of sp³-hybridized carbons (Fsp3) is 0.0690. The van der Waals surface area contributed by atoms with Crippen LogP contribution in [-0.4, -0.2) is 0 Å². The summed E-state index contributed by atoms with van der Waals surface area (Å²) in [5.74, 6) is 1.77. The second-order valence-electron chi connectivity index (χ2n) is 17.1. The Morgan fingerprint density at radius 3 is 1.74 bits per heavy atom. The monoisotopic (exact) mass is 781 g/mol. The van der Waals surface area contributed by atoms with Gasteiger partial charge in [0.1, 0.15) is 22.7 Å². The number of rotatable bonds is 4. The molecular formula is C58H39NO2. The average molecular weight is 782 g/mol. The normalized spacial score (nSPS) is 14.5. The van der Waals surface area contributed by atoms with Crippen molar-refractivity contribution in [3.05, 3.63) is 234 Å². The number of hydrogen-bond acceptors (Lipinski definition) is 3. The summed E-state index contributed by atoms with van der Waals surface area (Å²) >= 11 is 0. The highest BCUT2D eigenvalue weighted by Crippen LogP contribution is 2.64. The topological polar surface area (TPSA) is 25.6 Å². The fourth-order valence-corrected chi connectivity index (χ4v) is 11.2. The van der Waals surface area contributed by atoms with Gasteiger partial charge in [0.05, 0.1) is 11.1 Å². The lowest BCUT2D eigenvalue weighted by Gasteiger charge is -2.39. The number of hydrogen-bond donors (Lipinski definition) is 0. The van der Waals surface area contributed by atoms with Gasteiger partial charge >= 0.3 is 0 Å². The number of furan rings is 1. The molecule has 288 valence electrons. The van der Waals surface area contributed by atoms with E-state index in [0.717, 1.165) is 72.8 Å². The Morgan fingerprint density at radius 1 is 0.377 bits per heavy atom. The van der Waals surface area contributed by atoms with E-state index in [4.69, 9.17) is 9.15 Å². The minimum Gasteiger partial charge on any atom is -0.457 e. The summed E-state index contributed by atoms with van der Waals surface area (Å²) in [6.07, 6.45) is 0. The first-order chi connectivity index (χ1) is 30.0. The number of fused-ring (bicyclic) bond motifs is 16. The van der Waals surface area contributed by atoms with Crippen LogP contribution >= 0.6 is 0 Å². The van der Waals surface area contributed by atoms with Gasteiger partial charge in [-0.05, 0) is 105 Å². The van der Waals surface area contributed by atoms with E-state index in [1.54, 1.807) is 0 Å². The maximum Gasteiger partial charge on any atom is 0.136 e. The van der Waals surface area contributed by atoms with Crippen molar-refractivity contribution in [2.45, 2.75) is 24.7 Å². The Kier molecular flexibility index (Phi) is 6.99. The van der Waals surface area contributed by atoms with Crippen molar-refractivity contribution in [3.63, 3.8) is 0 Å². The molecule has 10 aromatic rings. The maximum absolute atomic E-state index is 6.90. The molecule has 0 saturated carbocycles. The Hall–Kier alpha value is -7.62. The van der Waals surface area contributed by atoms with Gasteiger partial charge in [0.25, 0.3) is 0 Å². The van der Waals surface area contributed by atoms with Gasteiger partial charge in [-0.25, -0.2) is 0 Å². The van der Waals surface area contributed by atoms with Crippen LogP contribution in [0.15, 0.2) is 205 Å². The van der Waals surface area contributed by atoms with Crippen LogP contribution in [0.4, 0.5) is 17.1 Å². The molecule has 0 N–H and O–H groups in total. The molecular weight excluding hydrogens is 743 g/mol. The van der Waals surface area contributed by atoms with Gasteiger partial charge in [-0.2, -0.15) is 0 Å². The van der Waals surface area contributed by atoms with E-state index in [2.05, 4.69) is 219 Å². The molecule has 9 aromatic carbocycles. The molecule has 1 spiro atoms. The Labute approximate surface area is 354 Å². The molecule has 61 heavy (non-hydrogen) atoms. The first-order valence-electron chi connectivity index (χ1n) is 21.2. The van der Waals surface area contributed by atoms with Crippen molar-refractivity contribution in [2.24, 2.45) is 0 Å². The Morgan fingerprint density at radius 2 is 0.967 bits per heavy atom. The second-order valence-corrected chi connectivity index (χ2v) is 17.1. The van der Waals surface area contributed by atoms with Crippen LogP contribution in [0.2, 0.25) is 0 Å². The molecule has 0 fully saturated rings. The van der Waals surface area contributed by atoms with E-state index in [-0.39, 0.29) is 5.41 Å². The number of nitrogens with zero attached hydrogens (tertiary/aromatic N) is 1. The van der Waals surface area contributed by atoms with E-state index in [1.165, 1.54) is 44.5 Å². The van der Waals surface area contributed by atoms with Crippen LogP contribution in [0.1, 0.15) is 47.2 Å². The quantitative estimate of drug-likeness (QED) is 0.178. The van der Waals surface area contributed by atoms with Crippen LogP contribution in [0.25, 0.3) is 55.3 Å². The lowest BCUT2D eigenvalue weighted by atomic mass is 9.66. The van der Waals surface area contributed by atoms with Crippen LogP contribution in [-0.2, 0) is 10.8 Å². The third-order valence-corrected chi connectivity index (χ3v) is 13.7. The summed E-state index contributed by atoms with van der Waals surface area (Å²) in [7, 11) is 0. The number of anilines is 3. The molecule has 3 nitrogen and oxygen atoms in total. The lowest BCUT2D eigenvalue weighted by Crippen LogP contribution is -2.32. The highest BCUT2D eigenvalue weighted by Gasteiger charge is 2.51. The van der Waals surface area contributed by atoms with E-state index in [1.807, 2.05) is 0 Å². The summed E-state index contributed by atoms with van der Waals surface area (Å²) in [5, 5.41) is 2.24. The zero-order valence-corrected chi connectivity index (χ0v) is 33.8. The highest BCUT2D eigenvalue weighted by molar-refractivity contribution is 6.21. The smallest absolute Gasteiger partial charge is 0.136 e. The zero-order valence-electron chi connectivity index (χ0n) is 33.8. The molecule has 1 aliphatic heterocycles. The first-order valence-corrected chi connectivity index (χ1v) is 21.2. The van der Waals surface area contributed by atoms with Gasteiger partial charge in [0, 0.05) is 44.3 Å². The molecule has 3 aliphatic rings. The maximum atomic E-state index is 6.90.